The zero-order chi connectivity index (χ0) is 44.2. The molecule has 0 atom stereocenters. The Balaban J connectivity index is 0.000000163. The van der Waals surface area contributed by atoms with Gasteiger partial charge in [-0.1, -0.05) is 67.7 Å². The van der Waals surface area contributed by atoms with E-state index in [2.05, 4.69) is 54.5 Å². The number of rotatable bonds is 6. The number of benzene rings is 4. The Bertz CT molecular complexity index is 3280. The molecule has 0 bridgehead atoms. The van der Waals surface area contributed by atoms with Crippen LogP contribution in [0.5, 0.6) is 17.2 Å². The van der Waals surface area contributed by atoms with E-state index in [4.69, 9.17) is 24.5 Å². The molecule has 4 aromatic carbocycles. The Morgan fingerprint density at radius 3 is 0.953 bits per heavy atom. The number of hydrogen-bond acceptors (Lipinski definition) is 16. The minimum absolute atomic E-state index is 0.00714. The number of nitrogens with zero attached hydrogens (tertiary/aromatic N) is 15. The number of nitriles is 4. The molecule has 0 fully saturated rings. The summed E-state index contributed by atoms with van der Waals surface area (Å²) in [5.74, 6) is 1.22. The molecule has 0 saturated heterocycles. The van der Waals surface area contributed by atoms with Crippen LogP contribution in [0.15, 0.2) is 110 Å². The highest BCUT2D eigenvalue weighted by atomic mass is 27.3. The van der Waals surface area contributed by atoms with Crippen molar-refractivity contribution in [3.05, 3.63) is 155 Å². The molecule has 0 aliphatic rings. The Morgan fingerprint density at radius 2 is 0.672 bits per heavy atom. The quantitative estimate of drug-likeness (QED) is 0.0874. The van der Waals surface area contributed by atoms with E-state index in [0.29, 0.717) is 17.2 Å². The molecule has 0 aliphatic carbocycles. The van der Waals surface area contributed by atoms with Crippen molar-refractivity contribution < 1.29 is 11.4 Å². The molecule has 0 aliphatic heterocycles. The minimum atomic E-state index is -2.86. The molecule has 64 heavy (non-hydrogen) atoms. The molecule has 0 amide bonds. The lowest BCUT2D eigenvalue weighted by Crippen LogP contribution is -2.37. The Morgan fingerprint density at radius 1 is 0.391 bits per heavy atom. The largest absolute Gasteiger partial charge is 1.20 e. The molecule has 10 aromatic rings. The van der Waals surface area contributed by atoms with Crippen molar-refractivity contribution in [1.29, 1.82) is 21.0 Å². The summed E-state index contributed by atoms with van der Waals surface area (Å²) in [5, 5.41) is 40.1. The summed E-state index contributed by atoms with van der Waals surface area (Å²) >= 11 is -2.86. The van der Waals surface area contributed by atoms with Crippen molar-refractivity contribution >= 4 is 92.6 Å². The van der Waals surface area contributed by atoms with Crippen molar-refractivity contribution in [3.63, 3.8) is 0 Å². The van der Waals surface area contributed by atoms with E-state index in [-0.39, 0.29) is 67.5 Å². The Hall–Kier alpha value is -10.00. The molecule has 0 unspecified atom stereocenters. The zero-order valence-electron chi connectivity index (χ0n) is 32.4. The Kier molecular flexibility index (Phi) is 10.4. The number of hydrogen-bond donors (Lipinski definition) is 0. The zero-order valence-corrected chi connectivity index (χ0v) is 33.6. The Labute approximate surface area is 365 Å². The lowest BCUT2D eigenvalue weighted by Gasteiger charge is -2.18. The van der Waals surface area contributed by atoms with E-state index < -0.39 is 15.1 Å². The standard InChI is InChI=1S/C18N12.3C9H7NO.Al/c1-23-17-18(24-2)30-16-14-12(26-8(4-20)10(6-22)28-14)11-13(15(16)29-17)27-9(5-21)7(3-19)25-11;3*11-8-5-1-3-7-4-2-6-10-9(7)8;/h;3*1-6,11H;/q;;;;+3/p-3. The van der Waals surface area contributed by atoms with Crippen molar-refractivity contribution in [2.45, 2.75) is 0 Å². The number of aromatic nitrogens is 9. The SMILES string of the molecule is [C-]#[N+]c1nc2c3nc(C#N)c(C#N)nc3c3nc(C#N)c(C#N)nc3c2nc1[N+]#[C-].c1cnc2c([O][Al]([O]c3cccc4cccnc34)[O]c3cccc4cccnc34)cccc2c1. The first-order chi connectivity index (χ1) is 31.4. The molecular weight excluding hydrogens is 826 g/mol. The average Bonchev–Trinajstić information content (AvgIpc) is 3.35. The second-order valence-electron chi connectivity index (χ2n) is 13.1. The molecular formula is C45H18AlN15O3. The summed E-state index contributed by atoms with van der Waals surface area (Å²) < 4.78 is 19.2. The van der Waals surface area contributed by atoms with E-state index >= 15 is 0 Å². The van der Waals surface area contributed by atoms with Gasteiger partial charge >= 0.3 is 15.1 Å². The maximum Gasteiger partial charge on any atom is 1.20 e. The van der Waals surface area contributed by atoms with E-state index in [1.165, 1.54) is 0 Å². The number of fused-ring (bicyclic) bond motifs is 9. The fraction of sp³-hybridized carbons (Fsp3) is 0. The van der Waals surface area contributed by atoms with Crippen LogP contribution in [0.25, 0.3) is 75.5 Å². The third-order valence-corrected chi connectivity index (χ3v) is 10.8. The van der Waals surface area contributed by atoms with E-state index in [9.17, 15) is 21.0 Å². The molecule has 6 aromatic heterocycles. The number of pyridine rings is 3. The lowest BCUT2D eigenvalue weighted by atomic mass is 10.1. The summed E-state index contributed by atoms with van der Waals surface area (Å²) in [4.78, 5) is 44.7. The van der Waals surface area contributed by atoms with Crippen molar-refractivity contribution in [2.75, 3.05) is 0 Å². The molecule has 10 rings (SSSR count). The summed E-state index contributed by atoms with van der Waals surface area (Å²) in [7, 11) is 0. The van der Waals surface area contributed by atoms with E-state index in [1.807, 2.05) is 91.0 Å². The maximum atomic E-state index is 9.29. The normalized spacial score (nSPS) is 10.4. The lowest BCUT2D eigenvalue weighted by molar-refractivity contribution is 0.311. The van der Waals surface area contributed by atoms with Crippen LogP contribution in [0.1, 0.15) is 22.8 Å². The van der Waals surface area contributed by atoms with Gasteiger partial charge < -0.3 is 21.1 Å². The van der Waals surface area contributed by atoms with Crippen LogP contribution in [-0.4, -0.2) is 60.0 Å². The van der Waals surface area contributed by atoms with Crippen molar-refractivity contribution in [2.24, 2.45) is 0 Å². The molecule has 0 spiro atoms. The maximum absolute atomic E-state index is 9.29. The third-order valence-electron chi connectivity index (χ3n) is 9.42. The first-order valence-electron chi connectivity index (χ1n) is 18.6. The number of para-hydroxylation sites is 3. The van der Waals surface area contributed by atoms with Gasteiger partial charge in [0.1, 0.15) is 80.1 Å². The van der Waals surface area contributed by atoms with Crippen molar-refractivity contribution in [1.82, 2.24) is 44.9 Å². The fourth-order valence-corrected chi connectivity index (χ4v) is 7.98. The van der Waals surface area contributed by atoms with Gasteiger partial charge in [0, 0.05) is 34.7 Å². The second kappa shape index (κ2) is 16.9. The van der Waals surface area contributed by atoms with Crippen LogP contribution in [0, 0.1) is 58.5 Å². The molecule has 0 radical (unpaired) electrons. The highest BCUT2D eigenvalue weighted by molar-refractivity contribution is 6.40. The molecule has 18 nitrogen and oxygen atoms in total. The topological polar surface area (TPSA) is 248 Å². The van der Waals surface area contributed by atoms with Crippen LogP contribution >= 0.6 is 0 Å². The van der Waals surface area contributed by atoms with Gasteiger partial charge in [-0.15, -0.1) is 9.97 Å². The predicted molar refractivity (Wildman–Crippen MR) is 230 cm³/mol. The van der Waals surface area contributed by atoms with Gasteiger partial charge in [-0.3, -0.25) is 15.0 Å². The van der Waals surface area contributed by atoms with Crippen LogP contribution in [-0.2, 0) is 0 Å². The molecule has 0 N–H and O–H groups in total. The highest BCUT2D eigenvalue weighted by Crippen LogP contribution is 2.35. The second-order valence-corrected chi connectivity index (χ2v) is 14.4. The van der Waals surface area contributed by atoms with Gasteiger partial charge in [0.2, 0.25) is 11.0 Å². The van der Waals surface area contributed by atoms with Crippen LogP contribution in [0.2, 0.25) is 0 Å². The monoisotopic (exact) mass is 843 g/mol. The highest BCUT2D eigenvalue weighted by Gasteiger charge is 2.46. The predicted octanol–water partition coefficient (Wildman–Crippen LogP) is 7.96. The molecule has 6 heterocycles. The first-order valence-corrected chi connectivity index (χ1v) is 20.0. The third kappa shape index (κ3) is 7.21. The molecule has 294 valence electrons. The fourth-order valence-electron chi connectivity index (χ4n) is 6.64. The first kappa shape index (κ1) is 39.5. The van der Waals surface area contributed by atoms with Gasteiger partial charge in [0.25, 0.3) is 11.6 Å². The van der Waals surface area contributed by atoms with E-state index in [1.54, 1.807) is 42.9 Å². The average molecular weight is 844 g/mol. The summed E-state index contributed by atoms with van der Waals surface area (Å²) in [6, 6.07) is 36.2. The van der Waals surface area contributed by atoms with Gasteiger partial charge in [-0.05, 0) is 36.4 Å². The van der Waals surface area contributed by atoms with Gasteiger partial charge in [0.15, 0.2) is 22.8 Å². The van der Waals surface area contributed by atoms with Crippen LogP contribution in [0.4, 0.5) is 11.6 Å². The smallest absolute Gasteiger partial charge is 0.576 e. The summed E-state index contributed by atoms with van der Waals surface area (Å²) in [6.07, 6.45) is 5.24. The molecule has 19 heteroatoms. The molecule has 0 saturated carbocycles. The van der Waals surface area contributed by atoms with Crippen LogP contribution < -0.4 is 11.4 Å². The van der Waals surface area contributed by atoms with Gasteiger partial charge in [0.05, 0.1) is 0 Å². The van der Waals surface area contributed by atoms with Gasteiger partial charge in [-0.25, -0.2) is 19.9 Å². The summed E-state index contributed by atoms with van der Waals surface area (Å²) in [5.41, 5.74) is 1.06. The van der Waals surface area contributed by atoms with Crippen LogP contribution in [0.3, 0.4) is 0 Å². The minimum Gasteiger partial charge on any atom is -0.576 e. The van der Waals surface area contributed by atoms with Gasteiger partial charge in [-0.2, -0.15) is 21.0 Å². The van der Waals surface area contributed by atoms with Crippen molar-refractivity contribution in [3.8, 4) is 41.5 Å². The van der Waals surface area contributed by atoms with E-state index in [0.717, 1.165) is 32.7 Å². The summed E-state index contributed by atoms with van der Waals surface area (Å²) in [6.45, 7) is 14.5.